The van der Waals surface area contributed by atoms with Gasteiger partial charge in [0.2, 0.25) is 0 Å². The molecule has 0 saturated heterocycles. The monoisotopic (exact) mass is 179 g/mol. The summed E-state index contributed by atoms with van der Waals surface area (Å²) in [6, 6.07) is 6.36. The average molecular weight is 179 g/mol. The van der Waals surface area contributed by atoms with Gasteiger partial charge in [-0.05, 0) is 12.1 Å². The summed E-state index contributed by atoms with van der Waals surface area (Å²) >= 11 is 3.93. The highest BCUT2D eigenvalue weighted by Gasteiger charge is 2.12. The van der Waals surface area contributed by atoms with E-state index in [0.29, 0.717) is 4.90 Å². The van der Waals surface area contributed by atoms with Crippen LogP contribution in [0.4, 0.5) is 0 Å². The Bertz CT molecular complexity index is 368. The largest absolute Gasteiger partial charge is 0.478 e. The number of thiol groups is 1. The van der Waals surface area contributed by atoms with Crippen LogP contribution in [0.3, 0.4) is 0 Å². The number of carbonyl (C=O) groups is 1. The van der Waals surface area contributed by atoms with Gasteiger partial charge in [0.1, 0.15) is 6.07 Å². The van der Waals surface area contributed by atoms with Gasteiger partial charge >= 0.3 is 5.97 Å². The zero-order valence-corrected chi connectivity index (χ0v) is 6.88. The lowest BCUT2D eigenvalue weighted by Crippen LogP contribution is -2.01. The number of hydrogen-bond acceptors (Lipinski definition) is 3. The Morgan fingerprint density at radius 3 is 2.67 bits per heavy atom. The summed E-state index contributed by atoms with van der Waals surface area (Å²) in [6.07, 6.45) is 0. The molecule has 1 aromatic rings. The summed E-state index contributed by atoms with van der Waals surface area (Å²) < 4.78 is 0. The van der Waals surface area contributed by atoms with Crippen LogP contribution in [0.15, 0.2) is 23.1 Å². The Kier molecular flexibility index (Phi) is 2.36. The van der Waals surface area contributed by atoms with Crippen molar-refractivity contribution in [3.8, 4) is 6.07 Å². The third kappa shape index (κ3) is 1.41. The second kappa shape index (κ2) is 3.28. The van der Waals surface area contributed by atoms with Crippen molar-refractivity contribution < 1.29 is 9.90 Å². The number of nitrogens with zero attached hydrogens (tertiary/aromatic N) is 1. The van der Waals surface area contributed by atoms with E-state index < -0.39 is 5.97 Å². The lowest BCUT2D eigenvalue weighted by molar-refractivity contribution is 0.0693. The Balaban J connectivity index is 3.42. The standard InChI is InChI=1S/C8H5NO2S/c9-4-5-2-1-3-6(12)7(5)8(10)11/h1-3,12H,(H,10,11). The minimum atomic E-state index is -1.13. The maximum absolute atomic E-state index is 10.6. The van der Waals surface area contributed by atoms with Gasteiger partial charge in [-0.15, -0.1) is 12.6 Å². The molecule has 1 rings (SSSR count). The van der Waals surface area contributed by atoms with Crippen LogP contribution in [0.5, 0.6) is 0 Å². The van der Waals surface area contributed by atoms with Crippen LogP contribution in [-0.2, 0) is 0 Å². The topological polar surface area (TPSA) is 61.1 Å². The van der Waals surface area contributed by atoms with E-state index in [1.807, 2.05) is 0 Å². The number of carboxylic acid groups (broad SMARTS) is 1. The summed E-state index contributed by atoms with van der Waals surface area (Å²) in [5.41, 5.74) is 0.0957. The fraction of sp³-hybridized carbons (Fsp3) is 0. The van der Waals surface area contributed by atoms with E-state index in [0.717, 1.165) is 0 Å². The first-order valence-electron chi connectivity index (χ1n) is 3.12. The fourth-order valence-corrected chi connectivity index (χ4v) is 1.16. The molecule has 60 valence electrons. The molecule has 4 heteroatoms. The van der Waals surface area contributed by atoms with Gasteiger partial charge in [-0.2, -0.15) is 5.26 Å². The van der Waals surface area contributed by atoms with Crippen LogP contribution in [0.1, 0.15) is 15.9 Å². The maximum Gasteiger partial charge on any atom is 0.338 e. The Labute approximate surface area is 74.7 Å². The summed E-state index contributed by atoms with van der Waals surface area (Å²) in [5.74, 6) is -1.13. The SMILES string of the molecule is N#Cc1cccc(S)c1C(=O)O. The van der Waals surface area contributed by atoms with Gasteiger partial charge in [-0.25, -0.2) is 4.79 Å². The molecule has 0 aromatic heterocycles. The fourth-order valence-electron chi connectivity index (χ4n) is 0.858. The van der Waals surface area contributed by atoms with Crippen LogP contribution >= 0.6 is 12.6 Å². The number of nitriles is 1. The molecule has 12 heavy (non-hydrogen) atoms. The van der Waals surface area contributed by atoms with Crippen molar-refractivity contribution in [1.82, 2.24) is 0 Å². The average Bonchev–Trinajstić information content (AvgIpc) is 2.03. The van der Waals surface area contributed by atoms with Crippen molar-refractivity contribution in [1.29, 1.82) is 5.26 Å². The van der Waals surface area contributed by atoms with E-state index in [1.165, 1.54) is 12.1 Å². The van der Waals surface area contributed by atoms with E-state index in [-0.39, 0.29) is 11.1 Å². The van der Waals surface area contributed by atoms with E-state index >= 15 is 0 Å². The molecule has 0 spiro atoms. The summed E-state index contributed by atoms with van der Waals surface area (Å²) in [7, 11) is 0. The van der Waals surface area contributed by atoms with E-state index in [9.17, 15) is 4.79 Å². The van der Waals surface area contributed by atoms with Crippen LogP contribution < -0.4 is 0 Å². The first-order chi connectivity index (χ1) is 5.66. The molecule has 0 aliphatic carbocycles. The third-order valence-electron chi connectivity index (χ3n) is 1.38. The Morgan fingerprint density at radius 1 is 1.58 bits per heavy atom. The van der Waals surface area contributed by atoms with Gasteiger partial charge in [0.25, 0.3) is 0 Å². The molecule has 0 heterocycles. The second-order valence-corrected chi connectivity index (χ2v) is 2.60. The smallest absolute Gasteiger partial charge is 0.338 e. The van der Waals surface area contributed by atoms with Crippen molar-refractivity contribution >= 4 is 18.6 Å². The van der Waals surface area contributed by atoms with Gasteiger partial charge < -0.3 is 5.11 Å². The molecule has 0 aliphatic heterocycles. The van der Waals surface area contributed by atoms with Crippen molar-refractivity contribution in [3.05, 3.63) is 29.3 Å². The van der Waals surface area contributed by atoms with E-state index in [2.05, 4.69) is 12.6 Å². The maximum atomic E-state index is 10.6. The van der Waals surface area contributed by atoms with Gasteiger partial charge in [-0.3, -0.25) is 0 Å². The first kappa shape index (κ1) is 8.62. The highest BCUT2D eigenvalue weighted by atomic mass is 32.1. The van der Waals surface area contributed by atoms with Gasteiger partial charge in [0.05, 0.1) is 11.1 Å². The molecule has 0 unspecified atom stereocenters. The first-order valence-corrected chi connectivity index (χ1v) is 3.57. The molecule has 0 aliphatic rings. The molecule has 0 fully saturated rings. The zero-order chi connectivity index (χ0) is 9.14. The lowest BCUT2D eigenvalue weighted by Gasteiger charge is -1.99. The van der Waals surface area contributed by atoms with E-state index in [4.69, 9.17) is 10.4 Å². The van der Waals surface area contributed by atoms with Crippen molar-refractivity contribution in [3.63, 3.8) is 0 Å². The third-order valence-corrected chi connectivity index (χ3v) is 1.75. The quantitative estimate of drug-likeness (QED) is 0.643. The molecule has 0 atom stereocenters. The number of carboxylic acids is 1. The summed E-state index contributed by atoms with van der Waals surface area (Å²) in [6.45, 7) is 0. The van der Waals surface area contributed by atoms with Crippen LogP contribution in [0.25, 0.3) is 0 Å². The van der Waals surface area contributed by atoms with Gasteiger partial charge in [-0.1, -0.05) is 6.07 Å². The van der Waals surface area contributed by atoms with Crippen LogP contribution in [-0.4, -0.2) is 11.1 Å². The molecule has 1 N–H and O–H groups in total. The minimum absolute atomic E-state index is 0.0386. The van der Waals surface area contributed by atoms with Crippen molar-refractivity contribution in [2.45, 2.75) is 4.90 Å². The lowest BCUT2D eigenvalue weighted by atomic mass is 10.1. The van der Waals surface area contributed by atoms with E-state index in [1.54, 1.807) is 12.1 Å². The molecular weight excluding hydrogens is 174 g/mol. The van der Waals surface area contributed by atoms with Crippen LogP contribution in [0.2, 0.25) is 0 Å². The molecule has 3 nitrogen and oxygen atoms in total. The predicted molar refractivity (Wildman–Crippen MR) is 45.4 cm³/mol. The Morgan fingerprint density at radius 2 is 2.25 bits per heavy atom. The second-order valence-electron chi connectivity index (χ2n) is 2.12. The van der Waals surface area contributed by atoms with Crippen LogP contribution in [0, 0.1) is 11.3 Å². The number of aromatic carboxylic acids is 1. The van der Waals surface area contributed by atoms with Gasteiger partial charge in [0, 0.05) is 4.90 Å². The summed E-state index contributed by atoms with van der Waals surface area (Å²) in [5, 5.41) is 17.2. The molecule has 0 bridgehead atoms. The molecule has 0 radical (unpaired) electrons. The molecule has 0 saturated carbocycles. The van der Waals surface area contributed by atoms with Crippen molar-refractivity contribution in [2.24, 2.45) is 0 Å². The normalized spacial score (nSPS) is 9.00. The molecular formula is C8H5NO2S. The highest BCUT2D eigenvalue weighted by molar-refractivity contribution is 7.80. The zero-order valence-electron chi connectivity index (χ0n) is 5.98. The minimum Gasteiger partial charge on any atom is -0.478 e. The molecule has 0 amide bonds. The van der Waals surface area contributed by atoms with Gasteiger partial charge in [0.15, 0.2) is 0 Å². The number of rotatable bonds is 1. The summed E-state index contributed by atoms with van der Waals surface area (Å²) in [4.78, 5) is 10.9. The molecule has 1 aromatic carbocycles. The Hall–Kier alpha value is -1.47. The number of hydrogen-bond donors (Lipinski definition) is 2. The highest BCUT2D eigenvalue weighted by Crippen LogP contribution is 2.17. The van der Waals surface area contributed by atoms with Crippen molar-refractivity contribution in [2.75, 3.05) is 0 Å². The predicted octanol–water partition coefficient (Wildman–Crippen LogP) is 1.55. The number of benzene rings is 1.